The first-order chi connectivity index (χ1) is 57.8. The Kier molecular flexibility index (Phi) is 29.6. The van der Waals surface area contributed by atoms with E-state index in [0.717, 1.165) is 61.9 Å². The molecule has 12 atom stereocenters. The van der Waals surface area contributed by atoms with Gasteiger partial charge in [-0.2, -0.15) is 44.6 Å². The Morgan fingerprint density at radius 1 is 0.443 bits per heavy atom. The lowest BCUT2D eigenvalue weighted by Gasteiger charge is -2.44. The van der Waals surface area contributed by atoms with E-state index >= 15 is 0 Å². The number of halogens is 11. The number of aliphatic carboxylic acids is 4. The van der Waals surface area contributed by atoms with Gasteiger partial charge >= 0.3 is 48.4 Å². The summed E-state index contributed by atoms with van der Waals surface area (Å²) in [5.41, 5.74) is 3.40. The summed E-state index contributed by atoms with van der Waals surface area (Å²) in [6.07, 6.45) is 1.17. The van der Waals surface area contributed by atoms with Gasteiger partial charge in [-0.1, -0.05) is 132 Å². The molecule has 7 heterocycles. The Morgan fingerprint density at radius 2 is 0.803 bits per heavy atom. The number of hydrogen-bond donors (Lipinski definition) is 6. The first kappa shape index (κ1) is 92.1. The topological polar surface area (TPSA) is 371 Å². The summed E-state index contributed by atoms with van der Waals surface area (Å²) in [6.45, 7) is 0.739. The van der Waals surface area contributed by atoms with Gasteiger partial charge in [0, 0.05) is 44.0 Å². The van der Waals surface area contributed by atoms with Crippen molar-refractivity contribution >= 4 is 82.2 Å². The van der Waals surface area contributed by atoms with Gasteiger partial charge in [0.15, 0.2) is 17.5 Å². The number of benzene rings is 3. The number of pyridine rings is 1. The highest BCUT2D eigenvalue weighted by Crippen LogP contribution is 2.49. The number of H-pyrrole nitrogens is 1. The zero-order valence-electron chi connectivity index (χ0n) is 66.6. The van der Waals surface area contributed by atoms with Crippen molar-refractivity contribution < 1.29 is 136 Å². The van der Waals surface area contributed by atoms with Gasteiger partial charge < -0.3 is 35.2 Å². The minimum absolute atomic E-state index is 0.00206. The van der Waals surface area contributed by atoms with E-state index < -0.39 is 210 Å². The van der Waals surface area contributed by atoms with Crippen molar-refractivity contribution in [1.82, 2.24) is 40.1 Å². The predicted molar refractivity (Wildman–Crippen MR) is 408 cm³/mol. The largest absolute Gasteiger partial charge is 0.480 e. The van der Waals surface area contributed by atoms with Crippen LogP contribution in [0.2, 0.25) is 0 Å². The molecule has 4 aliphatic carbocycles. The number of nitrogens with one attached hydrogen (secondary N) is 2. The van der Waals surface area contributed by atoms with Crippen molar-refractivity contribution in [3.63, 3.8) is 0 Å². The number of likely N-dealkylation sites (tertiary alicyclic amines) is 4. The summed E-state index contributed by atoms with van der Waals surface area (Å²) < 4.78 is 162. The van der Waals surface area contributed by atoms with Gasteiger partial charge in [0.1, 0.15) is 18.1 Å². The molecule has 122 heavy (non-hydrogen) atoms. The summed E-state index contributed by atoms with van der Waals surface area (Å²) in [6, 6.07) is 14.0. The van der Waals surface area contributed by atoms with Crippen molar-refractivity contribution in [2.45, 2.75) is 235 Å². The van der Waals surface area contributed by atoms with Crippen LogP contribution in [0.15, 0.2) is 97.5 Å². The number of alkyl halides is 11. The number of amides is 9. The first-order valence-corrected chi connectivity index (χ1v) is 41.2. The van der Waals surface area contributed by atoms with E-state index in [0.29, 0.717) is 138 Å². The van der Waals surface area contributed by atoms with E-state index in [-0.39, 0.29) is 32.5 Å². The van der Waals surface area contributed by atoms with E-state index in [1.54, 1.807) is 85.1 Å². The number of carbonyl (C=O) groups is 12. The Hall–Kier alpha value is -10.7. The smallest absolute Gasteiger partial charge is 0.392 e. The fraction of sp³-hybridized carbons (Fsp3) is 0.576. The van der Waals surface area contributed by atoms with Crippen molar-refractivity contribution in [3.05, 3.63) is 120 Å². The summed E-state index contributed by atoms with van der Waals surface area (Å²) in [5, 5.41) is 48.0. The zero-order valence-corrected chi connectivity index (χ0v) is 66.6. The molecule has 9 aliphatic rings. The molecule has 662 valence electrons. The second-order valence-electron chi connectivity index (χ2n) is 33.2. The predicted octanol–water partition coefficient (Wildman–Crippen LogP) is 13.9. The Balaban J connectivity index is 0.000000159. The molecule has 9 amide bonds. The maximum Gasteiger partial charge on any atom is 0.392 e. The number of ether oxygens (including phenoxy) is 2. The minimum Gasteiger partial charge on any atom is -0.480 e. The number of para-hydroxylation sites is 1. The lowest BCUT2D eigenvalue weighted by atomic mass is 9.76. The lowest BCUT2D eigenvalue weighted by Crippen LogP contribution is -2.70. The number of rotatable bonds is 24. The molecule has 8 fully saturated rings. The van der Waals surface area contributed by atoms with Crippen LogP contribution in [-0.4, -0.2) is 188 Å². The highest BCUT2D eigenvalue weighted by molar-refractivity contribution is 6.11. The van der Waals surface area contributed by atoms with Crippen LogP contribution in [0.3, 0.4) is 0 Å². The number of carboxylic acids is 4. The number of aromatic nitrogens is 3. The number of carboxylic acid groups (broad SMARTS) is 4. The SMILES string of the molecule is CC(F)(F)[C@@H](NC(=O)N1C(=O)[C@H](Cc2ccncc2)[C@H]1C(=O)O)C1CCCCC1.O=C(O)[C@@H]1[C@@H](Cc2cccc3[nH]ncc23)C(=O)N1C(=O)C[C@@H](C1CCCCC1)C(F)(F)F.O=C(O)[C@@H]1[C@@H](Cc2cccc3c2OCO3)C(=O)N1C(=O)C[C@@H](C1CCCCC1)C(F)(F)F.O=C(O)[C@@H]1[C@@H](Cc2ccccc2)C(=O)N1C(=O)C[C@@H](C1CCCCC1)C(F)(F)F. The Bertz CT molecular complexity index is 4470. The third kappa shape index (κ3) is 21.3. The molecular weight excluding hydrogens is 1630 g/mol. The molecular formula is C85H97F11N8O18. The third-order valence-corrected chi connectivity index (χ3v) is 25.4. The molecule has 4 saturated heterocycles. The summed E-state index contributed by atoms with van der Waals surface area (Å²) >= 11 is 0. The van der Waals surface area contributed by atoms with Crippen molar-refractivity contribution in [2.24, 2.45) is 65.1 Å². The number of nitrogens with zero attached hydrogens (tertiary/aromatic N) is 6. The Labute approximate surface area is 693 Å². The number of β-lactam (4-membered cyclic amide) rings is 4. The van der Waals surface area contributed by atoms with E-state index in [2.05, 4.69) is 20.5 Å². The molecule has 5 aromatic rings. The molecule has 2 aromatic heterocycles. The minimum atomic E-state index is -4.59. The van der Waals surface area contributed by atoms with Crippen LogP contribution >= 0.6 is 0 Å². The maximum atomic E-state index is 14.2. The van der Waals surface area contributed by atoms with Gasteiger partial charge in [-0.25, -0.2) is 37.7 Å². The highest BCUT2D eigenvalue weighted by atomic mass is 19.4. The molecule has 0 unspecified atom stereocenters. The standard InChI is InChI=1S/C22H24F3N3O4.C22H24F3NO6.C21H24F3NO4.C20H25F2N3O4/c23-22(24,25)16(12-5-2-1-3-6-12)10-18(29)28-19(21(31)32)14(20(28)30)9-13-7-4-8-17-15(13)11-26-27-17;23-22(24,25)15(12-5-2-1-3-6-12)10-17(27)26-18(21(29)30)14(20(26)28)9-13-7-4-8-16-19(13)32-11-31-16;22-21(23,24)16(14-9-5-2-6-10-14)12-17(26)25-18(20(28)29)15(19(25)27)11-13-7-3-1-4-8-13;1-20(21,22)16(13-5-3-2-4-6-13)24-19(29)25-15(18(27)28)14(17(25)26)11-12-7-9-23-10-8-12/h4,7-8,11-12,14,16,19H,1-3,5-6,9-10H2,(H,26,27)(H,31,32);4,7-8,12,14-15,18H,1-3,5-6,9-11H2,(H,29,30);1,3-4,7-8,14-16,18H,2,5-6,9-12H2,(H,28,29);7-10,13-16H,2-6,11H2,1H3,(H,24,29)(H,27,28)/t14-,16+,19+;14-,15+,18+;15-,16+,18+;14-,15+,16+/m1111/s1. The third-order valence-electron chi connectivity index (χ3n) is 25.4. The molecule has 26 nitrogen and oxygen atoms in total. The molecule has 0 radical (unpaired) electrons. The van der Waals surface area contributed by atoms with Crippen LogP contribution in [0.1, 0.15) is 177 Å². The van der Waals surface area contributed by atoms with Crippen LogP contribution in [0.4, 0.5) is 53.1 Å². The lowest BCUT2D eigenvalue weighted by molar-refractivity contribution is -0.200. The number of imide groups is 4. The molecule has 3 aromatic carbocycles. The number of hydrogen-bond acceptors (Lipinski definition) is 16. The van der Waals surface area contributed by atoms with Crippen LogP contribution in [-0.2, 0) is 78.4 Å². The number of fused-ring (bicyclic) bond motifs is 2. The summed E-state index contributed by atoms with van der Waals surface area (Å²) in [5.74, 6) is -25.9. The van der Waals surface area contributed by atoms with Gasteiger partial charge in [-0.15, -0.1) is 0 Å². The quantitative estimate of drug-likeness (QED) is 0.0247. The highest BCUT2D eigenvalue weighted by Gasteiger charge is 2.61. The van der Waals surface area contributed by atoms with Gasteiger partial charge in [0.2, 0.25) is 48.1 Å². The molecule has 5 aliphatic heterocycles. The van der Waals surface area contributed by atoms with E-state index in [4.69, 9.17) is 9.47 Å². The number of urea groups is 1. The van der Waals surface area contributed by atoms with E-state index in [1.807, 2.05) is 0 Å². The second-order valence-corrected chi connectivity index (χ2v) is 33.2. The van der Waals surface area contributed by atoms with Crippen LogP contribution in [0.5, 0.6) is 11.5 Å². The first-order valence-electron chi connectivity index (χ1n) is 41.2. The van der Waals surface area contributed by atoms with Gasteiger partial charge in [0.05, 0.1) is 59.2 Å². The normalized spacial score (nSPS) is 23.9. The van der Waals surface area contributed by atoms with Crippen molar-refractivity contribution in [2.75, 3.05) is 6.79 Å². The van der Waals surface area contributed by atoms with Gasteiger partial charge in [-0.3, -0.25) is 58.3 Å². The molecule has 37 heteroatoms. The van der Waals surface area contributed by atoms with E-state index in [9.17, 15) is 126 Å². The molecule has 0 spiro atoms. The fourth-order valence-corrected chi connectivity index (χ4v) is 19.1. The van der Waals surface area contributed by atoms with Crippen molar-refractivity contribution in [3.8, 4) is 11.5 Å². The average Bonchev–Trinajstić information content (AvgIpc) is 0.987. The molecule has 0 bridgehead atoms. The van der Waals surface area contributed by atoms with Crippen LogP contribution in [0.25, 0.3) is 10.9 Å². The van der Waals surface area contributed by atoms with Gasteiger partial charge in [0.25, 0.3) is 5.92 Å². The Morgan fingerprint density at radius 3 is 1.20 bits per heavy atom. The van der Waals surface area contributed by atoms with Crippen molar-refractivity contribution in [1.29, 1.82) is 0 Å². The maximum absolute atomic E-state index is 14.2. The second kappa shape index (κ2) is 39.3. The van der Waals surface area contributed by atoms with Crippen LogP contribution in [0, 0.1) is 65.1 Å². The fourth-order valence-electron chi connectivity index (χ4n) is 19.1. The summed E-state index contributed by atoms with van der Waals surface area (Å²) in [4.78, 5) is 154. The summed E-state index contributed by atoms with van der Waals surface area (Å²) in [7, 11) is 0. The average molecular weight is 1730 g/mol. The molecule has 6 N–H and O–H groups in total. The zero-order chi connectivity index (χ0) is 88.4. The number of carbonyl (C=O) groups excluding carboxylic acids is 8. The monoisotopic (exact) mass is 1730 g/mol. The van der Waals surface area contributed by atoms with Crippen LogP contribution < -0.4 is 14.8 Å². The van der Waals surface area contributed by atoms with Gasteiger partial charge in [-0.05, 0) is 147 Å². The molecule has 4 saturated carbocycles. The van der Waals surface area contributed by atoms with E-state index in [1.165, 1.54) is 12.4 Å². The molecule has 14 rings (SSSR count). The number of aromatic amines is 1.